The van der Waals surface area contributed by atoms with Crippen molar-refractivity contribution in [3.8, 4) is 0 Å². The van der Waals surface area contributed by atoms with Crippen LogP contribution < -0.4 is 0 Å². The lowest BCUT2D eigenvalue weighted by Crippen LogP contribution is -2.04. The van der Waals surface area contributed by atoms with Crippen molar-refractivity contribution < 1.29 is 0 Å². The van der Waals surface area contributed by atoms with Crippen molar-refractivity contribution in [1.82, 2.24) is 20.2 Å². The first-order valence-electron chi connectivity index (χ1n) is 6.81. The van der Waals surface area contributed by atoms with Crippen LogP contribution in [0.4, 0.5) is 0 Å². The van der Waals surface area contributed by atoms with E-state index in [1.54, 1.807) is 11.8 Å². The van der Waals surface area contributed by atoms with Crippen molar-refractivity contribution in [2.24, 2.45) is 0 Å². The van der Waals surface area contributed by atoms with E-state index in [2.05, 4.69) is 52.8 Å². The molecule has 1 aliphatic rings. The van der Waals surface area contributed by atoms with Crippen molar-refractivity contribution in [1.29, 1.82) is 0 Å². The molecule has 3 rings (SSSR count). The molecule has 2 aromatic rings. The summed E-state index contributed by atoms with van der Waals surface area (Å²) in [6, 6.07) is 11.2. The zero-order chi connectivity index (χ0) is 13.1. The Morgan fingerprint density at radius 2 is 2.11 bits per heavy atom. The average Bonchev–Trinajstić information content (AvgIpc) is 3.18. The number of aromatic nitrogens is 4. The summed E-state index contributed by atoms with van der Waals surface area (Å²) in [5.74, 6) is 0. The summed E-state index contributed by atoms with van der Waals surface area (Å²) in [5.41, 5.74) is 1.40. The summed E-state index contributed by atoms with van der Waals surface area (Å²) in [5, 5.41) is 13.5. The maximum absolute atomic E-state index is 4.14. The SMILES string of the molecule is C[C@@H](CCc1ccccc1)Sc1nnnn1C1CC1. The standard InChI is InChI=1S/C14H18N4S/c1-11(7-8-12-5-3-2-4-6-12)19-14-15-16-17-18(14)13-9-10-13/h2-6,11,13H,7-10H2,1H3/t11-/m0/s1. The highest BCUT2D eigenvalue weighted by atomic mass is 32.2. The lowest BCUT2D eigenvalue weighted by molar-refractivity contribution is 0.564. The number of aryl methyl sites for hydroxylation is 1. The van der Waals surface area contributed by atoms with Crippen molar-refractivity contribution in [2.75, 3.05) is 0 Å². The summed E-state index contributed by atoms with van der Waals surface area (Å²) < 4.78 is 1.99. The minimum Gasteiger partial charge on any atom is -0.217 e. The van der Waals surface area contributed by atoms with E-state index in [1.807, 2.05) is 4.68 Å². The molecular weight excluding hydrogens is 256 g/mol. The monoisotopic (exact) mass is 274 g/mol. The summed E-state index contributed by atoms with van der Waals surface area (Å²) in [6.45, 7) is 2.25. The van der Waals surface area contributed by atoms with Gasteiger partial charge in [0.1, 0.15) is 0 Å². The van der Waals surface area contributed by atoms with E-state index in [9.17, 15) is 0 Å². The van der Waals surface area contributed by atoms with Gasteiger partial charge < -0.3 is 0 Å². The zero-order valence-corrected chi connectivity index (χ0v) is 11.9. The van der Waals surface area contributed by atoms with E-state index >= 15 is 0 Å². The number of benzene rings is 1. The third-order valence-corrected chi connectivity index (χ3v) is 4.46. The van der Waals surface area contributed by atoms with Crippen LogP contribution in [-0.4, -0.2) is 25.5 Å². The summed E-state index contributed by atoms with van der Waals surface area (Å²) in [4.78, 5) is 0. The smallest absolute Gasteiger partial charge is 0.209 e. The van der Waals surface area contributed by atoms with Gasteiger partial charge in [-0.05, 0) is 41.7 Å². The zero-order valence-electron chi connectivity index (χ0n) is 11.1. The van der Waals surface area contributed by atoms with E-state index in [4.69, 9.17) is 0 Å². The maximum Gasteiger partial charge on any atom is 0.209 e. The Bertz CT molecular complexity index is 521. The second-order valence-corrected chi connectivity index (χ2v) is 6.50. The lowest BCUT2D eigenvalue weighted by Gasteiger charge is -2.10. The molecule has 1 heterocycles. The molecule has 0 unspecified atom stereocenters. The highest BCUT2D eigenvalue weighted by molar-refractivity contribution is 7.99. The largest absolute Gasteiger partial charge is 0.217 e. The third-order valence-electron chi connectivity index (χ3n) is 3.34. The molecule has 5 heteroatoms. The number of thioether (sulfide) groups is 1. The van der Waals surface area contributed by atoms with Crippen LogP contribution in [0.3, 0.4) is 0 Å². The molecule has 1 aromatic carbocycles. The Balaban J connectivity index is 1.53. The van der Waals surface area contributed by atoms with Gasteiger partial charge in [0.05, 0.1) is 6.04 Å². The minimum absolute atomic E-state index is 0.531. The first kappa shape index (κ1) is 12.7. The van der Waals surface area contributed by atoms with Gasteiger partial charge in [0.25, 0.3) is 0 Å². The van der Waals surface area contributed by atoms with Crippen LogP contribution in [0.1, 0.15) is 37.8 Å². The molecule has 19 heavy (non-hydrogen) atoms. The molecule has 1 aliphatic carbocycles. The van der Waals surface area contributed by atoms with Crippen LogP contribution in [0.5, 0.6) is 0 Å². The van der Waals surface area contributed by atoms with Crippen LogP contribution in [0.2, 0.25) is 0 Å². The Morgan fingerprint density at radius 1 is 1.32 bits per heavy atom. The number of rotatable bonds is 6. The minimum atomic E-state index is 0.531. The number of nitrogens with zero attached hydrogens (tertiary/aromatic N) is 4. The molecule has 1 atom stereocenters. The van der Waals surface area contributed by atoms with Crippen LogP contribution in [-0.2, 0) is 6.42 Å². The fraction of sp³-hybridized carbons (Fsp3) is 0.500. The van der Waals surface area contributed by atoms with Gasteiger partial charge in [-0.15, -0.1) is 5.10 Å². The highest BCUT2D eigenvalue weighted by Gasteiger charge is 2.28. The van der Waals surface area contributed by atoms with Gasteiger partial charge in [0.15, 0.2) is 0 Å². The topological polar surface area (TPSA) is 43.6 Å². The van der Waals surface area contributed by atoms with Crippen molar-refractivity contribution >= 4 is 11.8 Å². The van der Waals surface area contributed by atoms with Crippen molar-refractivity contribution in [3.05, 3.63) is 35.9 Å². The van der Waals surface area contributed by atoms with E-state index in [0.717, 1.165) is 18.0 Å². The molecular formula is C14H18N4S. The first-order valence-corrected chi connectivity index (χ1v) is 7.69. The summed E-state index contributed by atoms with van der Waals surface area (Å²) >= 11 is 1.79. The van der Waals surface area contributed by atoms with Gasteiger partial charge in [-0.2, -0.15) is 0 Å². The van der Waals surface area contributed by atoms with Crippen LogP contribution in [0.25, 0.3) is 0 Å². The molecule has 1 saturated carbocycles. The average molecular weight is 274 g/mol. The van der Waals surface area contributed by atoms with Gasteiger partial charge in [0, 0.05) is 5.25 Å². The van der Waals surface area contributed by atoms with E-state index in [0.29, 0.717) is 11.3 Å². The molecule has 0 saturated heterocycles. The predicted molar refractivity (Wildman–Crippen MR) is 76.2 cm³/mol. The molecule has 0 amide bonds. The first-order chi connectivity index (χ1) is 9.33. The normalized spacial score (nSPS) is 16.5. The van der Waals surface area contributed by atoms with Crippen LogP contribution in [0, 0.1) is 0 Å². The van der Waals surface area contributed by atoms with Crippen LogP contribution in [0.15, 0.2) is 35.5 Å². The molecule has 4 nitrogen and oxygen atoms in total. The fourth-order valence-electron chi connectivity index (χ4n) is 2.06. The molecule has 0 radical (unpaired) electrons. The summed E-state index contributed by atoms with van der Waals surface area (Å²) in [7, 11) is 0. The Hall–Kier alpha value is -1.36. The predicted octanol–water partition coefficient (Wildman–Crippen LogP) is 3.12. The quantitative estimate of drug-likeness (QED) is 0.759. The number of hydrogen-bond acceptors (Lipinski definition) is 4. The molecule has 0 aliphatic heterocycles. The van der Waals surface area contributed by atoms with E-state index in [-0.39, 0.29) is 0 Å². The third kappa shape index (κ3) is 3.35. The van der Waals surface area contributed by atoms with E-state index in [1.165, 1.54) is 18.4 Å². The fourth-order valence-corrected chi connectivity index (χ4v) is 3.04. The second-order valence-electron chi connectivity index (χ2n) is 5.09. The van der Waals surface area contributed by atoms with Gasteiger partial charge in [-0.25, -0.2) is 4.68 Å². The molecule has 1 fully saturated rings. The van der Waals surface area contributed by atoms with Crippen molar-refractivity contribution in [2.45, 2.75) is 49.1 Å². The lowest BCUT2D eigenvalue weighted by atomic mass is 10.1. The Kier molecular flexibility index (Phi) is 3.82. The second kappa shape index (κ2) is 5.74. The molecule has 0 bridgehead atoms. The Labute approximate surface area is 117 Å². The van der Waals surface area contributed by atoms with Gasteiger partial charge in [-0.1, -0.05) is 49.0 Å². The molecule has 1 aromatic heterocycles. The Morgan fingerprint density at radius 3 is 2.84 bits per heavy atom. The summed E-state index contributed by atoms with van der Waals surface area (Å²) in [6.07, 6.45) is 4.69. The number of hydrogen-bond donors (Lipinski definition) is 0. The molecule has 0 N–H and O–H groups in total. The molecule has 0 spiro atoms. The highest BCUT2D eigenvalue weighted by Crippen LogP contribution is 2.37. The van der Waals surface area contributed by atoms with E-state index < -0.39 is 0 Å². The maximum atomic E-state index is 4.14. The van der Waals surface area contributed by atoms with Gasteiger partial charge in [0.2, 0.25) is 5.16 Å². The van der Waals surface area contributed by atoms with Crippen molar-refractivity contribution in [3.63, 3.8) is 0 Å². The number of tetrazole rings is 1. The van der Waals surface area contributed by atoms with Crippen LogP contribution >= 0.6 is 11.8 Å². The molecule has 100 valence electrons. The van der Waals surface area contributed by atoms with Gasteiger partial charge >= 0.3 is 0 Å². The van der Waals surface area contributed by atoms with Gasteiger partial charge in [-0.3, -0.25) is 0 Å².